The van der Waals surface area contributed by atoms with Crippen molar-refractivity contribution in [2.24, 2.45) is 0 Å². The molecule has 0 aliphatic rings. The van der Waals surface area contributed by atoms with Crippen molar-refractivity contribution in [2.45, 2.75) is 46.2 Å². The van der Waals surface area contributed by atoms with Crippen molar-refractivity contribution in [3.05, 3.63) is 41.4 Å². The third-order valence-electron chi connectivity index (χ3n) is 5.54. The SMILES string of the molecule is CCCC(C)(Nc1c2ccc(Cl)cc2nc2ccc(OC)cc12)N(CC)CC.Cl.Cl. The number of hydrogen-bond donors (Lipinski definition) is 1. The van der Waals surface area contributed by atoms with Gasteiger partial charge in [-0.25, -0.2) is 4.98 Å². The normalized spacial score (nSPS) is 12.9. The first kappa shape index (κ1) is 26.6. The minimum absolute atomic E-state index is 0. The van der Waals surface area contributed by atoms with Crippen LogP contribution in [0.5, 0.6) is 5.75 Å². The van der Waals surface area contributed by atoms with Gasteiger partial charge in [0, 0.05) is 15.8 Å². The van der Waals surface area contributed by atoms with Crippen molar-refractivity contribution < 1.29 is 4.74 Å². The summed E-state index contributed by atoms with van der Waals surface area (Å²) in [4.78, 5) is 7.32. The molecular formula is C23H32Cl3N3O. The number of fused-ring (bicyclic) bond motifs is 2. The zero-order valence-electron chi connectivity index (χ0n) is 18.3. The van der Waals surface area contributed by atoms with Gasteiger partial charge in [-0.2, -0.15) is 0 Å². The van der Waals surface area contributed by atoms with Crippen LogP contribution in [0.4, 0.5) is 5.69 Å². The average Bonchev–Trinajstić information content (AvgIpc) is 2.68. The molecule has 3 aromatic rings. The summed E-state index contributed by atoms with van der Waals surface area (Å²) in [5, 5.41) is 6.72. The second kappa shape index (κ2) is 11.2. The fourth-order valence-electron chi connectivity index (χ4n) is 4.14. The van der Waals surface area contributed by atoms with Crippen molar-refractivity contribution >= 4 is 63.9 Å². The highest BCUT2D eigenvalue weighted by Crippen LogP contribution is 2.37. The van der Waals surface area contributed by atoms with E-state index in [4.69, 9.17) is 21.3 Å². The number of anilines is 1. The van der Waals surface area contributed by atoms with Gasteiger partial charge in [-0.3, -0.25) is 4.90 Å². The molecule has 0 aliphatic heterocycles. The van der Waals surface area contributed by atoms with Crippen LogP contribution in [0.2, 0.25) is 5.02 Å². The summed E-state index contributed by atoms with van der Waals surface area (Å²) in [6.45, 7) is 10.9. The Kier molecular flexibility index (Phi) is 9.96. The van der Waals surface area contributed by atoms with Gasteiger partial charge in [0.15, 0.2) is 0 Å². The van der Waals surface area contributed by atoms with Gasteiger partial charge in [0.2, 0.25) is 0 Å². The Labute approximate surface area is 197 Å². The zero-order chi connectivity index (χ0) is 20.3. The first-order chi connectivity index (χ1) is 13.5. The van der Waals surface area contributed by atoms with E-state index >= 15 is 0 Å². The molecule has 0 saturated heterocycles. The molecule has 0 fully saturated rings. The maximum absolute atomic E-state index is 6.26. The predicted octanol–water partition coefficient (Wildman–Crippen LogP) is 7.16. The fraction of sp³-hybridized carbons (Fsp3) is 0.435. The highest BCUT2D eigenvalue weighted by Gasteiger charge is 2.30. The number of nitrogens with zero attached hydrogens (tertiary/aromatic N) is 2. The molecule has 0 bridgehead atoms. The molecule has 4 nitrogen and oxygen atoms in total. The number of methoxy groups -OCH3 is 1. The van der Waals surface area contributed by atoms with Crippen molar-refractivity contribution in [3.8, 4) is 5.75 Å². The Morgan fingerprint density at radius 2 is 1.70 bits per heavy atom. The number of rotatable bonds is 8. The van der Waals surface area contributed by atoms with Crippen LogP contribution in [0.1, 0.15) is 40.5 Å². The largest absolute Gasteiger partial charge is 0.497 e. The summed E-state index contributed by atoms with van der Waals surface area (Å²) in [7, 11) is 1.69. The smallest absolute Gasteiger partial charge is 0.119 e. The van der Waals surface area contributed by atoms with Crippen LogP contribution in [0.3, 0.4) is 0 Å². The van der Waals surface area contributed by atoms with Gasteiger partial charge in [0.05, 0.1) is 29.5 Å². The quantitative estimate of drug-likeness (QED) is 0.279. The molecule has 1 aromatic heterocycles. The van der Waals surface area contributed by atoms with Crippen molar-refractivity contribution in [1.29, 1.82) is 0 Å². The average molecular weight is 473 g/mol. The number of nitrogens with one attached hydrogen (secondary N) is 1. The lowest BCUT2D eigenvalue weighted by molar-refractivity contribution is 0.133. The van der Waals surface area contributed by atoms with Gasteiger partial charge >= 0.3 is 0 Å². The molecular weight excluding hydrogens is 441 g/mol. The minimum atomic E-state index is -0.165. The van der Waals surface area contributed by atoms with Gasteiger partial charge in [0.25, 0.3) is 0 Å². The maximum atomic E-state index is 6.26. The van der Waals surface area contributed by atoms with E-state index in [1.165, 1.54) is 0 Å². The molecule has 0 aliphatic carbocycles. The van der Waals surface area contributed by atoms with Crippen LogP contribution < -0.4 is 10.1 Å². The molecule has 0 amide bonds. The Balaban J connectivity index is 0.00000225. The number of halogens is 3. The summed E-state index contributed by atoms with van der Waals surface area (Å²) in [5.74, 6) is 0.825. The van der Waals surface area contributed by atoms with Gasteiger partial charge in [-0.15, -0.1) is 24.8 Å². The maximum Gasteiger partial charge on any atom is 0.119 e. The van der Waals surface area contributed by atoms with Crippen LogP contribution >= 0.6 is 36.4 Å². The summed E-state index contributed by atoms with van der Waals surface area (Å²) < 4.78 is 5.49. The molecule has 0 saturated carbocycles. The summed E-state index contributed by atoms with van der Waals surface area (Å²) in [6, 6.07) is 11.9. The van der Waals surface area contributed by atoms with Crippen LogP contribution in [0.25, 0.3) is 21.8 Å². The monoisotopic (exact) mass is 471 g/mol. The molecule has 30 heavy (non-hydrogen) atoms. The lowest BCUT2D eigenvalue weighted by Gasteiger charge is -2.42. The number of pyridine rings is 1. The predicted molar refractivity (Wildman–Crippen MR) is 135 cm³/mol. The molecule has 1 unspecified atom stereocenters. The van der Waals surface area contributed by atoms with E-state index in [1.807, 2.05) is 24.3 Å². The van der Waals surface area contributed by atoms with E-state index in [9.17, 15) is 0 Å². The number of aromatic nitrogens is 1. The summed E-state index contributed by atoms with van der Waals surface area (Å²) >= 11 is 6.26. The van der Waals surface area contributed by atoms with Gasteiger partial charge in [-0.05, 0) is 62.8 Å². The first-order valence-electron chi connectivity index (χ1n) is 10.1. The molecule has 0 spiro atoms. The van der Waals surface area contributed by atoms with Crippen molar-refractivity contribution in [2.75, 3.05) is 25.5 Å². The van der Waals surface area contributed by atoms with Crippen LogP contribution in [-0.2, 0) is 0 Å². The Bertz CT molecular complexity index is 979. The van der Waals surface area contributed by atoms with Gasteiger partial charge in [-0.1, -0.05) is 38.8 Å². The first-order valence-corrected chi connectivity index (χ1v) is 10.4. The molecule has 0 radical (unpaired) electrons. The van der Waals surface area contributed by atoms with E-state index in [0.29, 0.717) is 5.02 Å². The molecule has 166 valence electrons. The lowest BCUT2D eigenvalue weighted by atomic mass is 10.0. The van der Waals surface area contributed by atoms with Crippen molar-refractivity contribution in [1.82, 2.24) is 9.88 Å². The minimum Gasteiger partial charge on any atom is -0.497 e. The van der Waals surface area contributed by atoms with E-state index < -0.39 is 0 Å². The number of hydrogen-bond acceptors (Lipinski definition) is 4. The van der Waals surface area contributed by atoms with Crippen LogP contribution in [-0.4, -0.2) is 35.7 Å². The Morgan fingerprint density at radius 1 is 1.00 bits per heavy atom. The van der Waals surface area contributed by atoms with E-state index in [1.54, 1.807) is 7.11 Å². The third kappa shape index (κ3) is 5.23. The summed E-state index contributed by atoms with van der Waals surface area (Å²) in [5.41, 5.74) is 2.74. The van der Waals surface area contributed by atoms with Crippen LogP contribution in [0, 0.1) is 0 Å². The third-order valence-corrected chi connectivity index (χ3v) is 5.77. The van der Waals surface area contributed by atoms with Crippen LogP contribution in [0.15, 0.2) is 36.4 Å². The highest BCUT2D eigenvalue weighted by molar-refractivity contribution is 6.31. The topological polar surface area (TPSA) is 37.4 Å². The van der Waals surface area contributed by atoms with Crippen molar-refractivity contribution in [3.63, 3.8) is 0 Å². The Hall–Kier alpha value is -1.46. The van der Waals surface area contributed by atoms with E-state index in [2.05, 4.69) is 50.0 Å². The molecule has 1 atom stereocenters. The second-order valence-corrected chi connectivity index (χ2v) is 7.79. The number of ether oxygens (including phenoxy) is 1. The van der Waals surface area contributed by atoms with Gasteiger partial charge < -0.3 is 10.1 Å². The molecule has 7 heteroatoms. The van der Waals surface area contributed by atoms with Gasteiger partial charge in [0.1, 0.15) is 5.75 Å². The zero-order valence-corrected chi connectivity index (χ0v) is 20.7. The second-order valence-electron chi connectivity index (χ2n) is 7.35. The van der Waals surface area contributed by atoms with E-state index in [0.717, 1.165) is 59.2 Å². The number of benzene rings is 2. The molecule has 3 rings (SSSR count). The highest BCUT2D eigenvalue weighted by atomic mass is 35.5. The van der Waals surface area contributed by atoms with E-state index in [-0.39, 0.29) is 30.5 Å². The molecule has 1 N–H and O–H groups in total. The fourth-order valence-corrected chi connectivity index (χ4v) is 4.30. The summed E-state index contributed by atoms with van der Waals surface area (Å²) in [6.07, 6.45) is 2.13. The Morgan fingerprint density at radius 3 is 2.30 bits per heavy atom. The molecule has 1 heterocycles. The standard InChI is InChI=1S/C23H30ClN3O.2ClH/c1-6-13-23(4,27(7-2)8-3)26-22-18-11-9-16(24)14-21(18)25-20-12-10-17(28-5)15-19(20)22;;/h9-12,14-15H,6-8,13H2,1-5H3,(H,25,26);2*1H. The lowest BCUT2D eigenvalue weighted by Crippen LogP contribution is -2.52. The molecule has 2 aromatic carbocycles.